The predicted octanol–water partition coefficient (Wildman–Crippen LogP) is 1.59. The zero-order chi connectivity index (χ0) is 9.97. The Morgan fingerprint density at radius 3 is 2.93 bits per heavy atom. The summed E-state index contributed by atoms with van der Waals surface area (Å²) in [4.78, 5) is 11.6. The molecule has 2 rings (SSSR count). The zero-order valence-electron chi connectivity index (χ0n) is 8.12. The van der Waals surface area contributed by atoms with Crippen molar-refractivity contribution < 1.29 is 9.53 Å². The molecule has 0 unspecified atom stereocenters. The SMILES string of the molecule is COc1cccc(C(=O)NC2CC2)c1. The van der Waals surface area contributed by atoms with Gasteiger partial charge in [-0.2, -0.15) is 0 Å². The molecule has 1 aliphatic carbocycles. The number of methoxy groups -OCH3 is 1. The van der Waals surface area contributed by atoms with Crippen LogP contribution < -0.4 is 10.1 Å². The minimum atomic E-state index is -0.00796. The molecule has 1 aliphatic rings. The molecule has 0 aromatic heterocycles. The van der Waals surface area contributed by atoms with Gasteiger partial charge in [0.05, 0.1) is 7.11 Å². The first-order chi connectivity index (χ1) is 6.79. The van der Waals surface area contributed by atoms with Crippen molar-refractivity contribution in [3.8, 4) is 5.75 Å². The van der Waals surface area contributed by atoms with E-state index in [4.69, 9.17) is 4.74 Å². The lowest BCUT2D eigenvalue weighted by molar-refractivity contribution is 0.0950. The fourth-order valence-corrected chi connectivity index (χ4v) is 1.26. The highest BCUT2D eigenvalue weighted by Crippen LogP contribution is 2.20. The van der Waals surface area contributed by atoms with E-state index in [1.807, 2.05) is 12.1 Å². The molecule has 1 saturated carbocycles. The van der Waals surface area contributed by atoms with Crippen molar-refractivity contribution in [3.63, 3.8) is 0 Å². The highest BCUT2D eigenvalue weighted by atomic mass is 16.5. The van der Waals surface area contributed by atoms with E-state index >= 15 is 0 Å². The molecule has 0 atom stereocenters. The van der Waals surface area contributed by atoms with Crippen LogP contribution in [-0.4, -0.2) is 19.1 Å². The number of ether oxygens (including phenoxy) is 1. The molecule has 1 fully saturated rings. The third kappa shape index (κ3) is 2.05. The summed E-state index contributed by atoms with van der Waals surface area (Å²) in [6, 6.07) is 7.58. The molecule has 0 radical (unpaired) electrons. The van der Waals surface area contributed by atoms with Crippen LogP contribution in [0.2, 0.25) is 0 Å². The summed E-state index contributed by atoms with van der Waals surface area (Å²) in [5, 5.41) is 2.93. The molecule has 0 bridgehead atoms. The van der Waals surface area contributed by atoms with E-state index in [1.165, 1.54) is 0 Å². The number of amides is 1. The summed E-state index contributed by atoms with van der Waals surface area (Å²) in [5.41, 5.74) is 0.663. The van der Waals surface area contributed by atoms with E-state index in [0.29, 0.717) is 17.4 Å². The summed E-state index contributed by atoms with van der Waals surface area (Å²) < 4.78 is 5.05. The van der Waals surface area contributed by atoms with Crippen molar-refractivity contribution in [2.45, 2.75) is 18.9 Å². The van der Waals surface area contributed by atoms with E-state index < -0.39 is 0 Å². The lowest BCUT2D eigenvalue weighted by Gasteiger charge is -2.04. The monoisotopic (exact) mass is 191 g/mol. The highest BCUT2D eigenvalue weighted by molar-refractivity contribution is 5.94. The van der Waals surface area contributed by atoms with Crippen LogP contribution in [0.5, 0.6) is 5.75 Å². The van der Waals surface area contributed by atoms with Gasteiger partial charge in [0.2, 0.25) is 0 Å². The van der Waals surface area contributed by atoms with Gasteiger partial charge in [-0.25, -0.2) is 0 Å². The summed E-state index contributed by atoms with van der Waals surface area (Å²) in [7, 11) is 1.60. The van der Waals surface area contributed by atoms with Gasteiger partial charge in [-0.05, 0) is 31.0 Å². The van der Waals surface area contributed by atoms with Gasteiger partial charge in [-0.3, -0.25) is 4.79 Å². The summed E-state index contributed by atoms with van der Waals surface area (Å²) >= 11 is 0. The number of hydrogen-bond donors (Lipinski definition) is 1. The molecule has 74 valence electrons. The molecule has 1 aromatic rings. The average molecular weight is 191 g/mol. The molecule has 1 N–H and O–H groups in total. The molecule has 14 heavy (non-hydrogen) atoms. The first-order valence-corrected chi connectivity index (χ1v) is 4.74. The Hall–Kier alpha value is -1.51. The maximum atomic E-state index is 11.6. The number of benzene rings is 1. The van der Waals surface area contributed by atoms with Gasteiger partial charge in [0.15, 0.2) is 0 Å². The van der Waals surface area contributed by atoms with Crippen LogP contribution in [0.25, 0.3) is 0 Å². The smallest absolute Gasteiger partial charge is 0.251 e. The van der Waals surface area contributed by atoms with Crippen molar-refractivity contribution in [2.24, 2.45) is 0 Å². The minimum Gasteiger partial charge on any atom is -0.497 e. The Morgan fingerprint density at radius 2 is 2.29 bits per heavy atom. The maximum absolute atomic E-state index is 11.6. The van der Waals surface area contributed by atoms with Gasteiger partial charge in [0.1, 0.15) is 5.75 Å². The van der Waals surface area contributed by atoms with Crippen LogP contribution in [0.4, 0.5) is 0 Å². The fraction of sp³-hybridized carbons (Fsp3) is 0.364. The van der Waals surface area contributed by atoms with Crippen molar-refractivity contribution in [3.05, 3.63) is 29.8 Å². The van der Waals surface area contributed by atoms with Crippen LogP contribution in [0.3, 0.4) is 0 Å². The lowest BCUT2D eigenvalue weighted by Crippen LogP contribution is -2.25. The second-order valence-corrected chi connectivity index (χ2v) is 3.48. The largest absolute Gasteiger partial charge is 0.497 e. The van der Waals surface area contributed by atoms with Crippen LogP contribution >= 0.6 is 0 Å². The number of rotatable bonds is 3. The van der Waals surface area contributed by atoms with E-state index in [1.54, 1.807) is 19.2 Å². The van der Waals surface area contributed by atoms with Gasteiger partial charge >= 0.3 is 0 Å². The van der Waals surface area contributed by atoms with Crippen LogP contribution in [0.1, 0.15) is 23.2 Å². The number of hydrogen-bond acceptors (Lipinski definition) is 2. The molecular weight excluding hydrogens is 178 g/mol. The van der Waals surface area contributed by atoms with Crippen LogP contribution in [0, 0.1) is 0 Å². The Kier molecular flexibility index (Phi) is 2.39. The Balaban J connectivity index is 2.09. The summed E-state index contributed by atoms with van der Waals surface area (Å²) in [6.45, 7) is 0. The van der Waals surface area contributed by atoms with Crippen molar-refractivity contribution in [2.75, 3.05) is 7.11 Å². The molecular formula is C11H13NO2. The third-order valence-corrected chi connectivity index (χ3v) is 2.24. The summed E-state index contributed by atoms with van der Waals surface area (Å²) in [5.74, 6) is 0.708. The van der Waals surface area contributed by atoms with Crippen molar-refractivity contribution in [1.82, 2.24) is 5.32 Å². The molecule has 0 spiro atoms. The van der Waals surface area contributed by atoms with E-state index in [0.717, 1.165) is 12.8 Å². The second kappa shape index (κ2) is 3.70. The molecule has 0 aliphatic heterocycles. The van der Waals surface area contributed by atoms with Gasteiger partial charge in [0.25, 0.3) is 5.91 Å². The molecule has 0 heterocycles. The Morgan fingerprint density at radius 1 is 1.50 bits per heavy atom. The topological polar surface area (TPSA) is 38.3 Å². The van der Waals surface area contributed by atoms with E-state index in [-0.39, 0.29) is 5.91 Å². The summed E-state index contributed by atoms with van der Waals surface area (Å²) in [6.07, 6.45) is 2.21. The highest BCUT2D eigenvalue weighted by Gasteiger charge is 2.23. The number of carbonyl (C=O) groups excluding carboxylic acids is 1. The van der Waals surface area contributed by atoms with Gasteiger partial charge in [-0.15, -0.1) is 0 Å². The van der Waals surface area contributed by atoms with Gasteiger partial charge in [-0.1, -0.05) is 6.07 Å². The zero-order valence-corrected chi connectivity index (χ0v) is 8.12. The quantitative estimate of drug-likeness (QED) is 0.787. The normalized spacial score (nSPS) is 14.9. The maximum Gasteiger partial charge on any atom is 0.251 e. The Labute approximate surface area is 83.1 Å². The first kappa shape index (κ1) is 9.06. The molecule has 1 aromatic carbocycles. The van der Waals surface area contributed by atoms with Crippen molar-refractivity contribution >= 4 is 5.91 Å². The fourth-order valence-electron chi connectivity index (χ4n) is 1.26. The average Bonchev–Trinajstić information content (AvgIpc) is 3.02. The van der Waals surface area contributed by atoms with Gasteiger partial charge in [0, 0.05) is 11.6 Å². The first-order valence-electron chi connectivity index (χ1n) is 4.74. The van der Waals surface area contributed by atoms with E-state index in [9.17, 15) is 4.79 Å². The standard InChI is InChI=1S/C11H13NO2/c1-14-10-4-2-3-8(7-10)11(13)12-9-5-6-9/h2-4,7,9H,5-6H2,1H3,(H,12,13). The molecule has 3 nitrogen and oxygen atoms in total. The molecule has 3 heteroatoms. The predicted molar refractivity (Wildman–Crippen MR) is 53.5 cm³/mol. The lowest BCUT2D eigenvalue weighted by atomic mass is 10.2. The molecule has 1 amide bonds. The second-order valence-electron chi connectivity index (χ2n) is 3.48. The molecule has 0 saturated heterocycles. The Bertz CT molecular complexity index is 345. The van der Waals surface area contributed by atoms with Gasteiger partial charge < -0.3 is 10.1 Å². The number of carbonyl (C=O) groups is 1. The number of nitrogens with one attached hydrogen (secondary N) is 1. The third-order valence-electron chi connectivity index (χ3n) is 2.24. The van der Waals surface area contributed by atoms with Crippen molar-refractivity contribution in [1.29, 1.82) is 0 Å². The van der Waals surface area contributed by atoms with Crippen LogP contribution in [-0.2, 0) is 0 Å². The minimum absolute atomic E-state index is 0.00796. The van der Waals surface area contributed by atoms with E-state index in [2.05, 4.69) is 5.32 Å². The van der Waals surface area contributed by atoms with Crippen LogP contribution in [0.15, 0.2) is 24.3 Å².